The number of aryl methyl sites for hydroxylation is 2. The largest absolute Gasteiger partial charge is 0.372 e. The van der Waals surface area contributed by atoms with Crippen molar-refractivity contribution in [3.8, 4) is 0 Å². The molecule has 2 atom stereocenters. The number of nitrogens with one attached hydrogen (secondary N) is 1. The highest BCUT2D eigenvalue weighted by Gasteiger charge is 2.30. The van der Waals surface area contributed by atoms with Crippen molar-refractivity contribution in [2.75, 3.05) is 13.2 Å². The molecule has 0 amide bonds. The van der Waals surface area contributed by atoms with E-state index in [4.69, 9.17) is 4.74 Å². The third kappa shape index (κ3) is 2.12. The van der Waals surface area contributed by atoms with Gasteiger partial charge in [-0.05, 0) is 55.8 Å². The molecule has 0 saturated carbocycles. The van der Waals surface area contributed by atoms with Gasteiger partial charge in [0.25, 0.3) is 0 Å². The predicted octanol–water partition coefficient (Wildman–Crippen LogP) is 2.75. The van der Waals surface area contributed by atoms with E-state index in [1.807, 2.05) is 0 Å². The lowest BCUT2D eigenvalue weighted by Crippen LogP contribution is -2.31. The summed E-state index contributed by atoms with van der Waals surface area (Å²) in [6.07, 6.45) is 5.13. The van der Waals surface area contributed by atoms with E-state index in [0.717, 1.165) is 19.6 Å². The van der Waals surface area contributed by atoms with E-state index in [1.54, 1.807) is 0 Å². The molecule has 0 spiro atoms. The van der Waals surface area contributed by atoms with Crippen LogP contribution < -0.4 is 5.32 Å². The van der Waals surface area contributed by atoms with Gasteiger partial charge in [0, 0.05) is 12.6 Å². The Bertz CT molecular complexity index is 396. The molecule has 92 valence electrons. The van der Waals surface area contributed by atoms with Crippen LogP contribution in [0.5, 0.6) is 0 Å². The minimum atomic E-state index is 0.274. The molecule has 0 radical (unpaired) electrons. The molecule has 2 aliphatic rings. The summed E-state index contributed by atoms with van der Waals surface area (Å²) < 4.78 is 6.13. The molecule has 1 aromatic rings. The second-order valence-electron chi connectivity index (χ2n) is 5.25. The summed E-state index contributed by atoms with van der Waals surface area (Å²) in [6, 6.07) is 7.19. The SMILES string of the molecule is Cc1cccc2c1[C@H]([C@H]1CCCN1)OCCC2. The van der Waals surface area contributed by atoms with Crippen molar-refractivity contribution in [1.82, 2.24) is 5.32 Å². The Hall–Kier alpha value is -0.860. The Morgan fingerprint density at radius 3 is 3.06 bits per heavy atom. The average Bonchev–Trinajstić information content (AvgIpc) is 2.76. The number of benzene rings is 1. The van der Waals surface area contributed by atoms with Crippen LogP contribution in [0, 0.1) is 6.92 Å². The van der Waals surface area contributed by atoms with Crippen LogP contribution in [0.2, 0.25) is 0 Å². The number of ether oxygens (including phenoxy) is 1. The molecule has 0 aromatic heterocycles. The third-order valence-corrected chi connectivity index (χ3v) is 4.05. The minimum absolute atomic E-state index is 0.274. The Morgan fingerprint density at radius 2 is 2.24 bits per heavy atom. The molecule has 0 bridgehead atoms. The van der Waals surface area contributed by atoms with Gasteiger partial charge in [-0.3, -0.25) is 0 Å². The van der Waals surface area contributed by atoms with Gasteiger partial charge in [0.15, 0.2) is 0 Å². The van der Waals surface area contributed by atoms with Gasteiger partial charge in [-0.25, -0.2) is 0 Å². The first-order valence-electron chi connectivity index (χ1n) is 6.79. The molecule has 2 heterocycles. The van der Waals surface area contributed by atoms with E-state index in [0.29, 0.717) is 6.04 Å². The molecule has 1 aromatic carbocycles. The molecule has 1 saturated heterocycles. The molecule has 1 fully saturated rings. The summed E-state index contributed by atoms with van der Waals surface area (Å²) in [4.78, 5) is 0. The van der Waals surface area contributed by atoms with Crippen molar-refractivity contribution in [3.63, 3.8) is 0 Å². The fraction of sp³-hybridized carbons (Fsp3) is 0.600. The number of fused-ring (bicyclic) bond motifs is 1. The monoisotopic (exact) mass is 231 g/mol. The first-order valence-corrected chi connectivity index (χ1v) is 6.79. The summed E-state index contributed by atoms with van der Waals surface area (Å²) in [7, 11) is 0. The second kappa shape index (κ2) is 4.79. The molecular formula is C15H21NO. The topological polar surface area (TPSA) is 21.3 Å². The predicted molar refractivity (Wildman–Crippen MR) is 69.2 cm³/mol. The highest BCUT2D eigenvalue weighted by Crippen LogP contribution is 2.34. The molecule has 2 aliphatic heterocycles. The van der Waals surface area contributed by atoms with Gasteiger partial charge in [0.1, 0.15) is 0 Å². The van der Waals surface area contributed by atoms with Crippen molar-refractivity contribution in [2.45, 2.75) is 44.8 Å². The van der Waals surface area contributed by atoms with Crippen molar-refractivity contribution in [1.29, 1.82) is 0 Å². The zero-order chi connectivity index (χ0) is 11.7. The van der Waals surface area contributed by atoms with Crippen LogP contribution in [-0.2, 0) is 11.2 Å². The summed E-state index contributed by atoms with van der Waals surface area (Å²) in [5.74, 6) is 0. The maximum Gasteiger partial charge on any atom is 0.0982 e. The normalized spacial score (nSPS) is 28.8. The Balaban J connectivity index is 1.99. The Morgan fingerprint density at radius 1 is 1.29 bits per heavy atom. The number of rotatable bonds is 1. The van der Waals surface area contributed by atoms with Gasteiger partial charge in [0.2, 0.25) is 0 Å². The molecule has 17 heavy (non-hydrogen) atoms. The first kappa shape index (κ1) is 11.2. The van der Waals surface area contributed by atoms with Crippen molar-refractivity contribution in [2.24, 2.45) is 0 Å². The lowest BCUT2D eigenvalue weighted by Gasteiger charge is -2.26. The first-order chi connectivity index (χ1) is 8.36. The Kier molecular flexibility index (Phi) is 3.17. The van der Waals surface area contributed by atoms with Crippen molar-refractivity contribution in [3.05, 3.63) is 34.9 Å². The summed E-state index contributed by atoms with van der Waals surface area (Å²) >= 11 is 0. The van der Waals surface area contributed by atoms with E-state index in [-0.39, 0.29) is 6.10 Å². The van der Waals surface area contributed by atoms with Gasteiger partial charge in [0.05, 0.1) is 6.10 Å². The second-order valence-corrected chi connectivity index (χ2v) is 5.25. The number of hydrogen-bond donors (Lipinski definition) is 1. The van der Waals surface area contributed by atoms with Crippen LogP contribution in [0.15, 0.2) is 18.2 Å². The third-order valence-electron chi connectivity index (χ3n) is 4.05. The quantitative estimate of drug-likeness (QED) is 0.802. The molecule has 3 rings (SSSR count). The summed E-state index contributed by atoms with van der Waals surface area (Å²) in [5.41, 5.74) is 4.36. The highest BCUT2D eigenvalue weighted by molar-refractivity contribution is 5.38. The minimum Gasteiger partial charge on any atom is -0.372 e. The molecule has 2 nitrogen and oxygen atoms in total. The average molecular weight is 231 g/mol. The molecule has 0 aliphatic carbocycles. The van der Waals surface area contributed by atoms with E-state index in [1.165, 1.54) is 36.0 Å². The molecule has 1 N–H and O–H groups in total. The van der Waals surface area contributed by atoms with Crippen LogP contribution in [-0.4, -0.2) is 19.2 Å². The number of hydrogen-bond acceptors (Lipinski definition) is 2. The summed E-state index contributed by atoms with van der Waals surface area (Å²) in [6.45, 7) is 4.26. The molecular weight excluding hydrogens is 210 g/mol. The molecule has 0 unspecified atom stereocenters. The zero-order valence-corrected chi connectivity index (χ0v) is 10.5. The van der Waals surface area contributed by atoms with Gasteiger partial charge >= 0.3 is 0 Å². The van der Waals surface area contributed by atoms with Crippen LogP contribution in [0.1, 0.15) is 42.1 Å². The van der Waals surface area contributed by atoms with Crippen LogP contribution in [0.3, 0.4) is 0 Å². The summed E-state index contributed by atoms with van der Waals surface area (Å²) in [5, 5.41) is 3.60. The lowest BCUT2D eigenvalue weighted by molar-refractivity contribution is 0.0330. The van der Waals surface area contributed by atoms with E-state index in [9.17, 15) is 0 Å². The lowest BCUT2D eigenvalue weighted by atomic mass is 9.91. The zero-order valence-electron chi connectivity index (χ0n) is 10.5. The maximum absolute atomic E-state index is 6.13. The fourth-order valence-corrected chi connectivity index (χ4v) is 3.21. The maximum atomic E-state index is 6.13. The van der Waals surface area contributed by atoms with E-state index >= 15 is 0 Å². The van der Waals surface area contributed by atoms with Crippen molar-refractivity contribution >= 4 is 0 Å². The van der Waals surface area contributed by atoms with Gasteiger partial charge in [-0.1, -0.05) is 18.2 Å². The van der Waals surface area contributed by atoms with E-state index < -0.39 is 0 Å². The highest BCUT2D eigenvalue weighted by atomic mass is 16.5. The van der Waals surface area contributed by atoms with Crippen molar-refractivity contribution < 1.29 is 4.74 Å². The molecule has 2 heteroatoms. The van der Waals surface area contributed by atoms with E-state index in [2.05, 4.69) is 30.4 Å². The fourth-order valence-electron chi connectivity index (χ4n) is 3.21. The van der Waals surface area contributed by atoms with Gasteiger partial charge in [-0.2, -0.15) is 0 Å². The smallest absolute Gasteiger partial charge is 0.0982 e. The van der Waals surface area contributed by atoms with Gasteiger partial charge in [-0.15, -0.1) is 0 Å². The van der Waals surface area contributed by atoms with Crippen LogP contribution in [0.4, 0.5) is 0 Å². The van der Waals surface area contributed by atoms with Crippen LogP contribution in [0.25, 0.3) is 0 Å². The van der Waals surface area contributed by atoms with Gasteiger partial charge < -0.3 is 10.1 Å². The standard InChI is InChI=1S/C15H21NO/c1-11-5-2-6-12-7-4-10-17-15(14(11)12)13-8-3-9-16-13/h2,5-6,13,15-16H,3-4,7-10H2,1H3/t13-,15+/m1/s1. The Labute approximate surface area is 103 Å². The van der Waals surface area contributed by atoms with Crippen LogP contribution >= 0.6 is 0 Å².